The number of thiophene rings is 1. The minimum atomic E-state index is -0.466. The molecule has 0 radical (unpaired) electrons. The average molecular weight is 286 g/mol. The summed E-state index contributed by atoms with van der Waals surface area (Å²) in [6.45, 7) is 0. The van der Waals surface area contributed by atoms with E-state index in [4.69, 9.17) is 0 Å². The summed E-state index contributed by atoms with van der Waals surface area (Å²) in [7, 11) is 1.60. The van der Waals surface area contributed by atoms with Gasteiger partial charge in [0.2, 0.25) is 5.91 Å². The van der Waals surface area contributed by atoms with Crippen molar-refractivity contribution in [3.05, 3.63) is 52.2 Å². The lowest BCUT2D eigenvalue weighted by Crippen LogP contribution is -2.47. The number of para-hydroxylation sites is 1. The lowest BCUT2D eigenvalue weighted by Gasteiger charge is -2.23. The van der Waals surface area contributed by atoms with Crippen LogP contribution in [0.25, 0.3) is 0 Å². The van der Waals surface area contributed by atoms with Crippen LogP contribution in [-0.4, -0.2) is 24.9 Å². The highest BCUT2D eigenvalue weighted by Gasteiger charge is 2.38. The van der Waals surface area contributed by atoms with Crippen molar-refractivity contribution in [2.75, 3.05) is 11.9 Å². The third kappa shape index (κ3) is 2.00. The van der Waals surface area contributed by atoms with Crippen LogP contribution in [0.3, 0.4) is 0 Å². The van der Waals surface area contributed by atoms with Gasteiger partial charge in [0.1, 0.15) is 6.04 Å². The van der Waals surface area contributed by atoms with Gasteiger partial charge in [0.25, 0.3) is 5.91 Å². The fourth-order valence-electron chi connectivity index (χ4n) is 2.53. The molecule has 2 amide bonds. The van der Waals surface area contributed by atoms with Crippen molar-refractivity contribution in [1.82, 2.24) is 5.32 Å². The Morgan fingerprint density at radius 3 is 2.75 bits per heavy atom. The molecule has 1 aliphatic heterocycles. The van der Waals surface area contributed by atoms with Crippen molar-refractivity contribution < 1.29 is 9.59 Å². The van der Waals surface area contributed by atoms with Gasteiger partial charge in [-0.3, -0.25) is 14.5 Å². The van der Waals surface area contributed by atoms with Crippen LogP contribution in [0.1, 0.15) is 15.2 Å². The molecule has 0 saturated heterocycles. The predicted octanol–water partition coefficient (Wildman–Crippen LogP) is 2.07. The number of benzene rings is 1. The van der Waals surface area contributed by atoms with Gasteiger partial charge in [-0.1, -0.05) is 24.3 Å². The molecule has 2 aromatic rings. The number of nitrogens with one attached hydrogen (secondary N) is 1. The lowest BCUT2D eigenvalue weighted by atomic mass is 10.1. The fourth-order valence-corrected chi connectivity index (χ4v) is 3.19. The third-order valence-electron chi connectivity index (χ3n) is 3.48. The molecule has 1 aliphatic rings. The standard InChI is InChI=1S/C15H14N2O2S/c1-16-14(18)12-9-10-5-2-3-6-11(10)17(12)15(19)13-7-4-8-20-13/h2-8,12H,9H2,1H3,(H,16,18)/t12-/m0/s1. The predicted molar refractivity (Wildman–Crippen MR) is 79.1 cm³/mol. The molecule has 1 aromatic heterocycles. The van der Waals surface area contributed by atoms with Crippen LogP contribution in [0.4, 0.5) is 5.69 Å². The van der Waals surface area contributed by atoms with Gasteiger partial charge in [0.15, 0.2) is 0 Å². The van der Waals surface area contributed by atoms with E-state index in [1.807, 2.05) is 35.7 Å². The lowest BCUT2D eigenvalue weighted by molar-refractivity contribution is -0.121. The molecule has 102 valence electrons. The molecule has 3 rings (SSSR count). The summed E-state index contributed by atoms with van der Waals surface area (Å²) in [6.07, 6.45) is 0.562. The average Bonchev–Trinajstić information content (AvgIpc) is 3.12. The summed E-state index contributed by atoms with van der Waals surface area (Å²) in [6, 6.07) is 10.8. The molecule has 1 atom stereocenters. The first-order valence-electron chi connectivity index (χ1n) is 6.39. The molecule has 1 N–H and O–H groups in total. The maximum atomic E-state index is 12.7. The highest BCUT2D eigenvalue weighted by Crippen LogP contribution is 2.33. The largest absolute Gasteiger partial charge is 0.357 e. The number of fused-ring (bicyclic) bond motifs is 1. The minimum Gasteiger partial charge on any atom is -0.357 e. The number of hydrogen-bond acceptors (Lipinski definition) is 3. The maximum Gasteiger partial charge on any atom is 0.269 e. The molecule has 2 heterocycles. The smallest absolute Gasteiger partial charge is 0.269 e. The first-order valence-corrected chi connectivity index (χ1v) is 7.27. The van der Waals surface area contributed by atoms with Crippen LogP contribution in [0.2, 0.25) is 0 Å². The number of likely N-dealkylation sites (N-methyl/N-ethyl adjacent to an activating group) is 1. The number of amides is 2. The van der Waals surface area contributed by atoms with E-state index in [0.29, 0.717) is 11.3 Å². The monoisotopic (exact) mass is 286 g/mol. The minimum absolute atomic E-state index is 0.112. The number of carbonyl (C=O) groups is 2. The highest BCUT2D eigenvalue weighted by molar-refractivity contribution is 7.12. The zero-order valence-electron chi connectivity index (χ0n) is 11.0. The van der Waals surface area contributed by atoms with Crippen molar-refractivity contribution in [3.63, 3.8) is 0 Å². The van der Waals surface area contributed by atoms with Gasteiger partial charge in [0, 0.05) is 19.2 Å². The Morgan fingerprint density at radius 2 is 2.05 bits per heavy atom. The normalized spacial score (nSPS) is 16.9. The number of nitrogens with zero attached hydrogens (tertiary/aromatic N) is 1. The molecular formula is C15H14N2O2S. The van der Waals surface area contributed by atoms with Crippen molar-refractivity contribution in [2.24, 2.45) is 0 Å². The number of rotatable bonds is 2. The molecule has 0 spiro atoms. The van der Waals surface area contributed by atoms with Crippen LogP contribution in [0.5, 0.6) is 0 Å². The number of hydrogen-bond donors (Lipinski definition) is 1. The van der Waals surface area contributed by atoms with Crippen LogP contribution in [0.15, 0.2) is 41.8 Å². The van der Waals surface area contributed by atoms with Crippen molar-refractivity contribution in [3.8, 4) is 0 Å². The van der Waals surface area contributed by atoms with Crippen molar-refractivity contribution in [1.29, 1.82) is 0 Å². The second-order valence-corrected chi connectivity index (χ2v) is 5.56. The van der Waals surface area contributed by atoms with Gasteiger partial charge < -0.3 is 5.32 Å². The Morgan fingerprint density at radius 1 is 1.25 bits per heavy atom. The molecule has 1 aromatic carbocycles. The maximum absolute atomic E-state index is 12.7. The molecular weight excluding hydrogens is 272 g/mol. The summed E-state index contributed by atoms with van der Waals surface area (Å²) < 4.78 is 0. The number of anilines is 1. The van der Waals surface area contributed by atoms with E-state index in [0.717, 1.165) is 11.3 Å². The molecule has 0 bridgehead atoms. The summed E-state index contributed by atoms with van der Waals surface area (Å²) >= 11 is 1.39. The summed E-state index contributed by atoms with van der Waals surface area (Å²) in [5, 5.41) is 4.51. The fraction of sp³-hybridized carbons (Fsp3) is 0.200. The number of carbonyl (C=O) groups excluding carboxylic acids is 2. The van der Waals surface area contributed by atoms with E-state index in [1.54, 1.807) is 18.0 Å². The molecule has 0 aliphatic carbocycles. The zero-order chi connectivity index (χ0) is 14.1. The molecule has 4 nitrogen and oxygen atoms in total. The Labute approximate surface area is 121 Å². The Kier molecular flexibility index (Phi) is 3.28. The molecule has 0 unspecified atom stereocenters. The van der Waals surface area contributed by atoms with Gasteiger partial charge in [0.05, 0.1) is 4.88 Å². The highest BCUT2D eigenvalue weighted by atomic mass is 32.1. The van der Waals surface area contributed by atoms with Gasteiger partial charge in [-0.15, -0.1) is 11.3 Å². The van der Waals surface area contributed by atoms with Gasteiger partial charge in [-0.25, -0.2) is 0 Å². The summed E-state index contributed by atoms with van der Waals surface area (Å²) in [5.74, 6) is -0.246. The van der Waals surface area contributed by atoms with Gasteiger partial charge in [-0.05, 0) is 23.1 Å². The quantitative estimate of drug-likeness (QED) is 0.918. The van der Waals surface area contributed by atoms with Crippen molar-refractivity contribution in [2.45, 2.75) is 12.5 Å². The van der Waals surface area contributed by atoms with E-state index in [-0.39, 0.29) is 11.8 Å². The van der Waals surface area contributed by atoms with Gasteiger partial charge >= 0.3 is 0 Å². The third-order valence-corrected chi connectivity index (χ3v) is 4.33. The summed E-state index contributed by atoms with van der Waals surface area (Å²) in [4.78, 5) is 27.0. The van der Waals surface area contributed by atoms with Crippen LogP contribution in [0, 0.1) is 0 Å². The second-order valence-electron chi connectivity index (χ2n) is 4.62. The molecule has 20 heavy (non-hydrogen) atoms. The Balaban J connectivity index is 2.03. The SMILES string of the molecule is CNC(=O)[C@@H]1Cc2ccccc2N1C(=O)c1cccs1. The van der Waals surface area contributed by atoms with Gasteiger partial charge in [-0.2, -0.15) is 0 Å². The van der Waals surface area contributed by atoms with Crippen LogP contribution < -0.4 is 10.2 Å². The van der Waals surface area contributed by atoms with E-state index < -0.39 is 6.04 Å². The zero-order valence-corrected chi connectivity index (χ0v) is 11.8. The van der Waals surface area contributed by atoms with E-state index in [2.05, 4.69) is 5.32 Å². The van der Waals surface area contributed by atoms with E-state index >= 15 is 0 Å². The second kappa shape index (κ2) is 5.09. The van der Waals surface area contributed by atoms with Crippen molar-refractivity contribution >= 4 is 28.8 Å². The Hall–Kier alpha value is -2.14. The topological polar surface area (TPSA) is 49.4 Å². The first kappa shape index (κ1) is 12.9. The molecule has 5 heteroatoms. The summed E-state index contributed by atoms with van der Waals surface area (Å²) in [5.41, 5.74) is 1.87. The molecule has 0 saturated carbocycles. The van der Waals surface area contributed by atoms with E-state index in [1.165, 1.54) is 11.3 Å². The van der Waals surface area contributed by atoms with E-state index in [9.17, 15) is 9.59 Å². The Bertz CT molecular complexity index is 652. The first-order chi connectivity index (χ1) is 9.72. The van der Waals surface area contributed by atoms with Crippen LogP contribution >= 0.6 is 11.3 Å². The van der Waals surface area contributed by atoms with Crippen LogP contribution in [-0.2, 0) is 11.2 Å². The molecule has 0 fully saturated rings.